The number of carboxylic acid groups (broad SMARTS) is 2. The first-order chi connectivity index (χ1) is 13.9. The Labute approximate surface area is 171 Å². The van der Waals surface area contributed by atoms with E-state index in [2.05, 4.69) is 16.0 Å². The van der Waals surface area contributed by atoms with Gasteiger partial charge < -0.3 is 42.7 Å². The molecule has 0 aliphatic heterocycles. The zero-order valence-electron chi connectivity index (χ0n) is 16.3. The van der Waals surface area contributed by atoms with Gasteiger partial charge in [-0.2, -0.15) is 0 Å². The molecule has 10 N–H and O–H groups in total. The molecule has 0 rings (SSSR count). The summed E-state index contributed by atoms with van der Waals surface area (Å²) in [4.78, 5) is 69.5. The van der Waals surface area contributed by atoms with Crippen molar-refractivity contribution >= 4 is 35.6 Å². The van der Waals surface area contributed by atoms with Crippen LogP contribution in [0.1, 0.15) is 32.6 Å². The predicted octanol–water partition coefficient (Wildman–Crippen LogP) is -4.00. The minimum atomic E-state index is -1.42. The van der Waals surface area contributed by atoms with Crippen molar-refractivity contribution in [1.82, 2.24) is 16.0 Å². The van der Waals surface area contributed by atoms with Gasteiger partial charge in [0, 0.05) is 12.8 Å². The Bertz CT molecular complexity index is 669. The molecule has 0 aliphatic carbocycles. The number of aliphatic hydroxyl groups excluding tert-OH is 1. The summed E-state index contributed by atoms with van der Waals surface area (Å²) in [7, 11) is 0. The maximum absolute atomic E-state index is 12.5. The van der Waals surface area contributed by atoms with Crippen molar-refractivity contribution in [2.45, 2.75) is 56.8 Å². The van der Waals surface area contributed by atoms with Crippen LogP contribution in [0.5, 0.6) is 0 Å². The number of carbonyl (C=O) groups is 6. The first-order valence-electron chi connectivity index (χ1n) is 8.89. The number of carboxylic acids is 2. The van der Waals surface area contributed by atoms with Gasteiger partial charge in [0.1, 0.15) is 24.2 Å². The molecule has 170 valence electrons. The number of primary amides is 1. The highest BCUT2D eigenvalue weighted by Crippen LogP contribution is 2.04. The van der Waals surface area contributed by atoms with Crippen LogP contribution in [-0.2, 0) is 28.8 Å². The number of hydrogen-bond acceptors (Lipinski definition) is 8. The van der Waals surface area contributed by atoms with Crippen molar-refractivity contribution < 1.29 is 44.1 Å². The second-order valence-electron chi connectivity index (χ2n) is 6.42. The van der Waals surface area contributed by atoms with Gasteiger partial charge in [-0.15, -0.1) is 0 Å². The van der Waals surface area contributed by atoms with Crippen molar-refractivity contribution in [3.05, 3.63) is 0 Å². The van der Waals surface area contributed by atoms with Crippen molar-refractivity contribution in [1.29, 1.82) is 0 Å². The van der Waals surface area contributed by atoms with Crippen LogP contribution in [0, 0.1) is 0 Å². The summed E-state index contributed by atoms with van der Waals surface area (Å²) in [5, 5.41) is 33.2. The molecule has 0 saturated heterocycles. The van der Waals surface area contributed by atoms with Crippen LogP contribution in [0.15, 0.2) is 0 Å². The number of aliphatic carboxylic acids is 2. The Morgan fingerprint density at radius 1 is 0.833 bits per heavy atom. The zero-order chi connectivity index (χ0) is 23.4. The van der Waals surface area contributed by atoms with Crippen molar-refractivity contribution in [3.8, 4) is 0 Å². The summed E-state index contributed by atoms with van der Waals surface area (Å²) < 4.78 is 0. The summed E-state index contributed by atoms with van der Waals surface area (Å²) in [6, 6.07) is -5.47. The maximum atomic E-state index is 12.5. The largest absolute Gasteiger partial charge is 0.481 e. The molecule has 0 radical (unpaired) electrons. The van der Waals surface area contributed by atoms with Crippen molar-refractivity contribution in [3.63, 3.8) is 0 Å². The molecule has 4 unspecified atom stereocenters. The monoisotopic (exact) mass is 433 g/mol. The SMILES string of the molecule is CC(NC(=O)C(CCC(N)=O)NC(=O)C(CCC(=O)O)NC(=O)C(N)CO)C(=O)O. The molecule has 0 heterocycles. The fourth-order valence-corrected chi connectivity index (χ4v) is 2.10. The Balaban J connectivity index is 5.41. The maximum Gasteiger partial charge on any atom is 0.325 e. The molecule has 0 aromatic heterocycles. The molecular weight excluding hydrogens is 406 g/mol. The molecule has 14 heteroatoms. The fourth-order valence-electron chi connectivity index (χ4n) is 2.10. The van der Waals surface area contributed by atoms with E-state index in [1.165, 1.54) is 6.92 Å². The topological polar surface area (TPSA) is 251 Å². The third kappa shape index (κ3) is 10.3. The van der Waals surface area contributed by atoms with E-state index in [-0.39, 0.29) is 19.3 Å². The van der Waals surface area contributed by atoms with Crippen LogP contribution in [0.2, 0.25) is 0 Å². The highest BCUT2D eigenvalue weighted by atomic mass is 16.4. The fraction of sp³-hybridized carbons (Fsp3) is 0.625. The number of carbonyl (C=O) groups excluding carboxylic acids is 4. The Morgan fingerprint density at radius 3 is 1.73 bits per heavy atom. The van der Waals surface area contributed by atoms with Gasteiger partial charge >= 0.3 is 11.9 Å². The average Bonchev–Trinajstić information content (AvgIpc) is 2.66. The van der Waals surface area contributed by atoms with Gasteiger partial charge in [0.05, 0.1) is 6.61 Å². The molecule has 30 heavy (non-hydrogen) atoms. The lowest BCUT2D eigenvalue weighted by Gasteiger charge is -2.24. The second kappa shape index (κ2) is 13.1. The number of aliphatic hydroxyl groups is 1. The van der Waals surface area contributed by atoms with Gasteiger partial charge in [0.15, 0.2) is 0 Å². The van der Waals surface area contributed by atoms with E-state index in [1.807, 2.05) is 0 Å². The smallest absolute Gasteiger partial charge is 0.325 e. The minimum Gasteiger partial charge on any atom is -0.481 e. The van der Waals surface area contributed by atoms with E-state index in [4.69, 9.17) is 26.8 Å². The van der Waals surface area contributed by atoms with Crippen LogP contribution in [0.25, 0.3) is 0 Å². The molecule has 0 fully saturated rings. The van der Waals surface area contributed by atoms with E-state index in [0.29, 0.717) is 0 Å². The third-order valence-electron chi connectivity index (χ3n) is 3.85. The number of nitrogens with two attached hydrogens (primary N) is 2. The molecule has 14 nitrogen and oxygen atoms in total. The van der Waals surface area contributed by atoms with Gasteiger partial charge in [-0.05, 0) is 19.8 Å². The van der Waals surface area contributed by atoms with Gasteiger partial charge in [0.25, 0.3) is 0 Å². The van der Waals surface area contributed by atoms with E-state index in [1.54, 1.807) is 0 Å². The van der Waals surface area contributed by atoms with E-state index >= 15 is 0 Å². The van der Waals surface area contributed by atoms with Gasteiger partial charge in [-0.1, -0.05) is 0 Å². The summed E-state index contributed by atoms with van der Waals surface area (Å²) >= 11 is 0. The van der Waals surface area contributed by atoms with Crippen LogP contribution in [0.4, 0.5) is 0 Å². The number of rotatable bonds is 14. The molecule has 0 saturated carbocycles. The van der Waals surface area contributed by atoms with Gasteiger partial charge in [-0.3, -0.25) is 28.8 Å². The van der Waals surface area contributed by atoms with Crippen LogP contribution in [-0.4, -0.2) is 81.7 Å². The molecule has 0 aliphatic rings. The lowest BCUT2D eigenvalue weighted by Crippen LogP contribution is -2.57. The van der Waals surface area contributed by atoms with Crippen LogP contribution < -0.4 is 27.4 Å². The minimum absolute atomic E-state index is 0.269. The number of hydrogen-bond donors (Lipinski definition) is 8. The quantitative estimate of drug-likeness (QED) is 0.132. The zero-order valence-corrected chi connectivity index (χ0v) is 16.3. The van der Waals surface area contributed by atoms with Crippen LogP contribution >= 0.6 is 0 Å². The summed E-state index contributed by atoms with van der Waals surface area (Å²) in [6.45, 7) is 0.454. The highest BCUT2D eigenvalue weighted by molar-refractivity contribution is 5.94. The highest BCUT2D eigenvalue weighted by Gasteiger charge is 2.29. The summed E-state index contributed by atoms with van der Waals surface area (Å²) in [5.41, 5.74) is 10.4. The van der Waals surface area contributed by atoms with Crippen LogP contribution in [0.3, 0.4) is 0 Å². The number of amides is 4. The molecule has 0 spiro atoms. The molecular formula is C16H27N5O9. The molecule has 0 aromatic rings. The second-order valence-corrected chi connectivity index (χ2v) is 6.42. The van der Waals surface area contributed by atoms with E-state index in [9.17, 15) is 28.8 Å². The normalized spacial score (nSPS) is 14.5. The first-order valence-corrected chi connectivity index (χ1v) is 8.89. The predicted molar refractivity (Wildman–Crippen MR) is 99.5 cm³/mol. The van der Waals surface area contributed by atoms with Crippen molar-refractivity contribution in [2.24, 2.45) is 11.5 Å². The van der Waals surface area contributed by atoms with E-state index in [0.717, 1.165) is 0 Å². The Kier molecular flexibility index (Phi) is 11.6. The van der Waals surface area contributed by atoms with Gasteiger partial charge in [-0.25, -0.2) is 0 Å². The lowest BCUT2D eigenvalue weighted by molar-refractivity contribution is -0.142. The van der Waals surface area contributed by atoms with E-state index < -0.39 is 72.8 Å². The molecule has 4 atom stereocenters. The molecule has 0 bridgehead atoms. The summed E-state index contributed by atoms with van der Waals surface area (Å²) in [6.07, 6.45) is -1.46. The van der Waals surface area contributed by atoms with Gasteiger partial charge in [0.2, 0.25) is 23.6 Å². The first kappa shape index (κ1) is 26.7. The summed E-state index contributed by atoms with van der Waals surface area (Å²) in [5.74, 6) is -6.20. The van der Waals surface area contributed by atoms with Crippen molar-refractivity contribution in [2.75, 3.05) is 6.61 Å². The lowest BCUT2D eigenvalue weighted by atomic mass is 10.1. The number of nitrogens with one attached hydrogen (secondary N) is 3. The standard InChI is InChI=1S/C16H27N5O9/c1-7(16(29)30)19-14(27)9(2-4-11(18)23)21-15(28)10(3-5-12(24)25)20-13(26)8(17)6-22/h7-10,22H,2-6,17H2,1H3,(H2,18,23)(H,19,27)(H,20,26)(H,21,28)(H,24,25)(H,29,30). The average molecular weight is 433 g/mol. The molecule has 0 aromatic carbocycles. The Hall–Kier alpha value is -3.26. The third-order valence-corrected chi connectivity index (χ3v) is 3.85. The molecule has 4 amide bonds. The Morgan fingerprint density at radius 2 is 1.30 bits per heavy atom.